The quantitative estimate of drug-likeness (QED) is 0.364. The van der Waals surface area contributed by atoms with E-state index in [9.17, 15) is 0 Å². The highest BCUT2D eigenvalue weighted by Crippen LogP contribution is 1.98. The van der Waals surface area contributed by atoms with Gasteiger partial charge in [0.25, 0.3) is 0 Å². The normalized spacial score (nSPS) is 10.0. The summed E-state index contributed by atoms with van der Waals surface area (Å²) in [6, 6.07) is 0. The maximum absolute atomic E-state index is 5.36. The molecule has 0 aliphatic carbocycles. The summed E-state index contributed by atoms with van der Waals surface area (Å²) in [5.41, 5.74) is 1.20. The van der Waals surface area contributed by atoms with Crippen LogP contribution in [0.15, 0.2) is 12.2 Å². The fourth-order valence-electron chi connectivity index (χ4n) is 0.647. The van der Waals surface area contributed by atoms with Crippen LogP contribution in [0.4, 0.5) is 0 Å². The minimum atomic E-state index is 0.831. The Morgan fingerprint density at radius 2 is 2.09 bits per heavy atom. The van der Waals surface area contributed by atoms with E-state index in [-0.39, 0.29) is 0 Å². The molecule has 0 unspecified atom stereocenters. The number of rotatable bonds is 7. The van der Waals surface area contributed by atoms with E-state index in [4.69, 9.17) is 4.74 Å². The largest absolute Gasteiger partial charge is 0.381 e. The average molecular weight is 221 g/mol. The Labute approximate surface area is 78.0 Å². The van der Waals surface area contributed by atoms with E-state index < -0.39 is 0 Å². The molecule has 0 aliphatic rings. The highest BCUT2D eigenvalue weighted by Gasteiger charge is 1.89. The van der Waals surface area contributed by atoms with Gasteiger partial charge in [-0.1, -0.05) is 21.5 Å². The third-order valence-corrected chi connectivity index (χ3v) is 1.91. The summed E-state index contributed by atoms with van der Waals surface area (Å²) in [6.07, 6.45) is 3.35. The minimum Gasteiger partial charge on any atom is -0.381 e. The molecule has 0 aromatic rings. The zero-order valence-electron chi connectivity index (χ0n) is 7.24. The topological polar surface area (TPSA) is 9.23 Å². The lowest BCUT2D eigenvalue weighted by molar-refractivity contribution is 0.134. The summed E-state index contributed by atoms with van der Waals surface area (Å²) in [4.78, 5) is 0. The first-order valence-corrected chi connectivity index (χ1v) is 5.17. The summed E-state index contributed by atoms with van der Waals surface area (Å²) in [5, 5.41) is 1.08. The van der Waals surface area contributed by atoms with E-state index in [2.05, 4.69) is 22.5 Å². The molecule has 0 amide bonds. The van der Waals surface area contributed by atoms with Gasteiger partial charge < -0.3 is 4.74 Å². The van der Waals surface area contributed by atoms with Crippen LogP contribution in [0.25, 0.3) is 0 Å². The van der Waals surface area contributed by atoms with Crippen LogP contribution >= 0.6 is 15.9 Å². The fraction of sp³-hybridized carbons (Fsp3) is 0.778. The molecule has 0 rings (SSSR count). The molecule has 1 nitrogen and oxygen atoms in total. The van der Waals surface area contributed by atoms with Crippen molar-refractivity contribution >= 4 is 15.9 Å². The molecule has 2 heteroatoms. The Hall–Kier alpha value is 0.180. The lowest BCUT2D eigenvalue weighted by Gasteiger charge is -2.02. The van der Waals surface area contributed by atoms with Crippen LogP contribution in [0.5, 0.6) is 0 Å². The zero-order valence-corrected chi connectivity index (χ0v) is 8.82. The first-order chi connectivity index (χ1) is 5.27. The Kier molecular flexibility index (Phi) is 8.41. The molecule has 0 radical (unpaired) electrons. The number of alkyl halides is 1. The van der Waals surface area contributed by atoms with Gasteiger partial charge in [0.15, 0.2) is 0 Å². The number of hydrogen-bond donors (Lipinski definition) is 0. The molecule has 0 heterocycles. The molecule has 11 heavy (non-hydrogen) atoms. The first-order valence-electron chi connectivity index (χ1n) is 4.05. The fourth-order valence-corrected chi connectivity index (χ4v) is 1.04. The lowest BCUT2D eigenvalue weighted by Crippen LogP contribution is -1.97. The van der Waals surface area contributed by atoms with Crippen LogP contribution in [-0.2, 0) is 4.74 Å². The number of ether oxygens (including phenoxy) is 1. The molecule has 0 atom stereocenters. The van der Waals surface area contributed by atoms with Gasteiger partial charge in [-0.05, 0) is 26.2 Å². The third-order valence-electron chi connectivity index (χ3n) is 1.35. The Balaban J connectivity index is 2.85. The van der Waals surface area contributed by atoms with E-state index in [1.54, 1.807) is 0 Å². The van der Waals surface area contributed by atoms with Crippen molar-refractivity contribution in [2.75, 3.05) is 18.5 Å². The van der Waals surface area contributed by atoms with Crippen LogP contribution in [0.3, 0.4) is 0 Å². The molecular weight excluding hydrogens is 204 g/mol. The standard InChI is InChI=1S/C9H17BrO/c1-9(2)5-8-11-7-4-3-6-10/h1,3-8H2,2H3. The Morgan fingerprint density at radius 3 is 2.64 bits per heavy atom. The van der Waals surface area contributed by atoms with Crippen molar-refractivity contribution in [1.82, 2.24) is 0 Å². The molecular formula is C9H17BrO. The minimum absolute atomic E-state index is 0.831. The summed E-state index contributed by atoms with van der Waals surface area (Å²) < 4.78 is 5.36. The van der Waals surface area contributed by atoms with Crippen molar-refractivity contribution in [1.29, 1.82) is 0 Å². The van der Waals surface area contributed by atoms with Crippen molar-refractivity contribution in [2.24, 2.45) is 0 Å². The van der Waals surface area contributed by atoms with Crippen LogP contribution in [0.1, 0.15) is 26.2 Å². The maximum atomic E-state index is 5.36. The van der Waals surface area contributed by atoms with Crippen LogP contribution in [-0.4, -0.2) is 18.5 Å². The molecule has 66 valence electrons. The van der Waals surface area contributed by atoms with E-state index in [1.807, 2.05) is 6.92 Å². The van der Waals surface area contributed by atoms with Gasteiger partial charge in [-0.25, -0.2) is 0 Å². The van der Waals surface area contributed by atoms with Crippen molar-refractivity contribution in [2.45, 2.75) is 26.2 Å². The van der Waals surface area contributed by atoms with Crippen LogP contribution < -0.4 is 0 Å². The molecule has 0 saturated heterocycles. The number of halogens is 1. The monoisotopic (exact) mass is 220 g/mol. The number of hydrogen-bond acceptors (Lipinski definition) is 1. The van der Waals surface area contributed by atoms with Crippen molar-refractivity contribution in [3.05, 3.63) is 12.2 Å². The summed E-state index contributed by atoms with van der Waals surface area (Å²) in [5.74, 6) is 0. The SMILES string of the molecule is C=C(C)CCOCCCCBr. The molecule has 0 spiro atoms. The van der Waals surface area contributed by atoms with Crippen molar-refractivity contribution in [3.8, 4) is 0 Å². The number of unbranched alkanes of at least 4 members (excludes halogenated alkanes) is 1. The molecule has 0 N–H and O–H groups in total. The second kappa shape index (κ2) is 8.28. The predicted octanol–water partition coefficient (Wildman–Crippen LogP) is 3.14. The molecule has 0 aliphatic heterocycles. The summed E-state index contributed by atoms with van der Waals surface area (Å²) in [6.45, 7) is 7.55. The van der Waals surface area contributed by atoms with Gasteiger partial charge in [0, 0.05) is 11.9 Å². The highest BCUT2D eigenvalue weighted by atomic mass is 79.9. The molecule has 0 bridgehead atoms. The molecule has 0 fully saturated rings. The maximum Gasteiger partial charge on any atom is 0.0502 e. The molecule has 0 saturated carbocycles. The summed E-state index contributed by atoms with van der Waals surface area (Å²) in [7, 11) is 0. The zero-order chi connectivity index (χ0) is 8.53. The van der Waals surface area contributed by atoms with Gasteiger partial charge in [-0.2, -0.15) is 0 Å². The van der Waals surface area contributed by atoms with E-state index in [0.29, 0.717) is 0 Å². The van der Waals surface area contributed by atoms with Gasteiger partial charge in [0.05, 0.1) is 6.61 Å². The second-order valence-electron chi connectivity index (χ2n) is 2.72. The van der Waals surface area contributed by atoms with Gasteiger partial charge >= 0.3 is 0 Å². The first kappa shape index (κ1) is 11.2. The Morgan fingerprint density at radius 1 is 1.36 bits per heavy atom. The van der Waals surface area contributed by atoms with Crippen molar-refractivity contribution < 1.29 is 4.74 Å². The van der Waals surface area contributed by atoms with Gasteiger partial charge in [0.1, 0.15) is 0 Å². The van der Waals surface area contributed by atoms with E-state index in [1.165, 1.54) is 12.0 Å². The van der Waals surface area contributed by atoms with Crippen LogP contribution in [0.2, 0.25) is 0 Å². The predicted molar refractivity (Wildman–Crippen MR) is 53.3 cm³/mol. The van der Waals surface area contributed by atoms with E-state index >= 15 is 0 Å². The average Bonchev–Trinajstić information content (AvgIpc) is 1.96. The summed E-state index contributed by atoms with van der Waals surface area (Å²) >= 11 is 3.37. The molecule has 0 aromatic heterocycles. The van der Waals surface area contributed by atoms with Crippen LogP contribution in [0, 0.1) is 0 Å². The van der Waals surface area contributed by atoms with E-state index in [0.717, 1.165) is 31.4 Å². The second-order valence-corrected chi connectivity index (χ2v) is 3.51. The highest BCUT2D eigenvalue weighted by molar-refractivity contribution is 9.09. The third kappa shape index (κ3) is 10.2. The lowest BCUT2D eigenvalue weighted by atomic mass is 10.3. The van der Waals surface area contributed by atoms with Crippen molar-refractivity contribution in [3.63, 3.8) is 0 Å². The van der Waals surface area contributed by atoms with Gasteiger partial charge in [0.2, 0.25) is 0 Å². The van der Waals surface area contributed by atoms with Gasteiger partial charge in [-0.3, -0.25) is 0 Å². The Bertz CT molecular complexity index is 102. The molecule has 0 aromatic carbocycles. The van der Waals surface area contributed by atoms with Gasteiger partial charge in [-0.15, -0.1) is 6.58 Å². The smallest absolute Gasteiger partial charge is 0.0502 e.